The number of hydrogen-bond donors (Lipinski definition) is 1. The van der Waals surface area contributed by atoms with Gasteiger partial charge in [0.25, 0.3) is 0 Å². The first-order valence-electron chi connectivity index (χ1n) is 4.33. The zero-order valence-electron chi connectivity index (χ0n) is 8.48. The first kappa shape index (κ1) is 11.5. The minimum absolute atomic E-state index is 0.00935. The maximum Gasteiger partial charge on any atom is 0.0785 e. The van der Waals surface area contributed by atoms with Gasteiger partial charge in [-0.1, -0.05) is 0 Å². The van der Waals surface area contributed by atoms with Crippen LogP contribution in [0.25, 0.3) is 0 Å². The molecule has 2 nitrogen and oxygen atoms in total. The lowest BCUT2D eigenvalue weighted by atomic mass is 9.97. The molecule has 0 bridgehead atoms. The minimum atomic E-state index is -0.265. The molecule has 0 aromatic heterocycles. The minimum Gasteiger partial charge on any atom is -0.374 e. The van der Waals surface area contributed by atoms with Gasteiger partial charge in [0.05, 0.1) is 5.60 Å². The third-order valence-corrected chi connectivity index (χ3v) is 1.91. The molecule has 0 amide bonds. The van der Waals surface area contributed by atoms with Crippen molar-refractivity contribution >= 4 is 0 Å². The molecule has 0 fully saturated rings. The Bertz CT molecular complexity index is 176. The normalized spacial score (nSPS) is 13.4. The Kier molecular flexibility index (Phi) is 4.96. The summed E-state index contributed by atoms with van der Waals surface area (Å²) in [6.07, 6.45) is 0.698. The van der Waals surface area contributed by atoms with Crippen LogP contribution in [0.4, 0.5) is 0 Å². The Morgan fingerprint density at radius 3 is 2.50 bits per heavy atom. The van der Waals surface area contributed by atoms with Crippen LogP contribution in [0.2, 0.25) is 0 Å². The van der Waals surface area contributed by atoms with E-state index < -0.39 is 0 Å². The average Bonchev–Trinajstić information content (AvgIpc) is 2.00. The highest BCUT2D eigenvalue weighted by Gasteiger charge is 2.25. The standard InChI is InChI=1S/C10H19NO/c1-5-7-8-9(11)10(3,4)12-6-2/h9H,6,8,11H2,1-4H3. The van der Waals surface area contributed by atoms with Gasteiger partial charge in [0.1, 0.15) is 0 Å². The fourth-order valence-electron chi connectivity index (χ4n) is 0.937. The van der Waals surface area contributed by atoms with Crippen molar-refractivity contribution < 1.29 is 4.74 Å². The lowest BCUT2D eigenvalue weighted by Gasteiger charge is -2.30. The Balaban J connectivity index is 4.01. The summed E-state index contributed by atoms with van der Waals surface area (Å²) in [5.74, 6) is 5.78. The van der Waals surface area contributed by atoms with Crippen LogP contribution in [0.15, 0.2) is 0 Å². The van der Waals surface area contributed by atoms with Crippen molar-refractivity contribution in [3.05, 3.63) is 0 Å². The summed E-state index contributed by atoms with van der Waals surface area (Å²) in [5.41, 5.74) is 5.63. The lowest BCUT2D eigenvalue weighted by Crippen LogP contribution is -2.45. The van der Waals surface area contributed by atoms with Gasteiger partial charge in [-0.15, -0.1) is 11.8 Å². The molecule has 0 aliphatic heterocycles. The van der Waals surface area contributed by atoms with Crippen LogP contribution < -0.4 is 5.73 Å². The van der Waals surface area contributed by atoms with Crippen LogP contribution in [-0.2, 0) is 4.74 Å². The Morgan fingerprint density at radius 2 is 2.08 bits per heavy atom. The van der Waals surface area contributed by atoms with Gasteiger partial charge in [-0.2, -0.15) is 0 Å². The van der Waals surface area contributed by atoms with Crippen LogP contribution in [0.5, 0.6) is 0 Å². The van der Waals surface area contributed by atoms with Crippen LogP contribution in [0.3, 0.4) is 0 Å². The predicted molar refractivity (Wildman–Crippen MR) is 51.7 cm³/mol. The van der Waals surface area contributed by atoms with Gasteiger partial charge >= 0.3 is 0 Å². The van der Waals surface area contributed by atoms with Crippen LogP contribution in [0, 0.1) is 11.8 Å². The molecule has 0 saturated heterocycles. The third-order valence-electron chi connectivity index (χ3n) is 1.91. The largest absolute Gasteiger partial charge is 0.374 e. The maximum absolute atomic E-state index is 5.90. The van der Waals surface area contributed by atoms with E-state index in [9.17, 15) is 0 Å². The van der Waals surface area contributed by atoms with Gasteiger partial charge in [-0.25, -0.2) is 0 Å². The van der Waals surface area contributed by atoms with Crippen LogP contribution in [0.1, 0.15) is 34.1 Å². The lowest BCUT2D eigenvalue weighted by molar-refractivity contribution is -0.0278. The molecule has 0 aliphatic rings. The summed E-state index contributed by atoms with van der Waals surface area (Å²) in [6.45, 7) is 8.48. The Labute approximate surface area is 75.5 Å². The molecule has 1 atom stereocenters. The summed E-state index contributed by atoms with van der Waals surface area (Å²) in [4.78, 5) is 0. The molecular weight excluding hydrogens is 150 g/mol. The van der Waals surface area contributed by atoms with Gasteiger partial charge < -0.3 is 10.5 Å². The zero-order valence-corrected chi connectivity index (χ0v) is 8.48. The summed E-state index contributed by atoms with van der Waals surface area (Å²) in [6, 6.07) is -0.00935. The highest BCUT2D eigenvalue weighted by molar-refractivity contribution is 5.01. The highest BCUT2D eigenvalue weighted by atomic mass is 16.5. The first-order chi connectivity index (χ1) is 5.54. The van der Waals surface area contributed by atoms with Gasteiger partial charge in [0, 0.05) is 19.1 Å². The molecule has 0 aromatic rings. The summed E-state index contributed by atoms with van der Waals surface area (Å²) in [5, 5.41) is 0. The number of rotatable bonds is 4. The third kappa shape index (κ3) is 3.75. The molecule has 12 heavy (non-hydrogen) atoms. The van der Waals surface area contributed by atoms with Gasteiger partial charge in [-0.05, 0) is 27.7 Å². The van der Waals surface area contributed by atoms with Crippen molar-refractivity contribution in [1.29, 1.82) is 0 Å². The van der Waals surface area contributed by atoms with Crippen molar-refractivity contribution in [2.75, 3.05) is 6.61 Å². The number of nitrogens with two attached hydrogens (primary N) is 1. The van der Waals surface area contributed by atoms with E-state index in [1.54, 1.807) is 0 Å². The molecular formula is C10H19NO. The molecule has 0 aliphatic carbocycles. The van der Waals surface area contributed by atoms with Crippen LogP contribution >= 0.6 is 0 Å². The van der Waals surface area contributed by atoms with Crippen molar-refractivity contribution in [3.63, 3.8) is 0 Å². The second-order valence-corrected chi connectivity index (χ2v) is 3.27. The Morgan fingerprint density at radius 1 is 1.50 bits per heavy atom. The summed E-state index contributed by atoms with van der Waals surface area (Å²) >= 11 is 0. The van der Waals surface area contributed by atoms with Crippen LogP contribution in [-0.4, -0.2) is 18.2 Å². The molecule has 2 heteroatoms. The molecule has 1 unspecified atom stereocenters. The molecule has 70 valence electrons. The topological polar surface area (TPSA) is 35.2 Å². The van der Waals surface area contributed by atoms with Crippen molar-refractivity contribution in [2.24, 2.45) is 5.73 Å². The van der Waals surface area contributed by atoms with E-state index in [4.69, 9.17) is 10.5 Å². The van der Waals surface area contributed by atoms with Crippen molar-refractivity contribution in [1.82, 2.24) is 0 Å². The molecule has 2 N–H and O–H groups in total. The van der Waals surface area contributed by atoms with Gasteiger partial charge in [0.2, 0.25) is 0 Å². The van der Waals surface area contributed by atoms with E-state index >= 15 is 0 Å². The quantitative estimate of drug-likeness (QED) is 0.648. The van der Waals surface area contributed by atoms with Gasteiger partial charge in [-0.3, -0.25) is 0 Å². The molecule has 0 rings (SSSR count). The molecule has 0 radical (unpaired) electrons. The fraction of sp³-hybridized carbons (Fsp3) is 0.800. The summed E-state index contributed by atoms with van der Waals surface area (Å²) in [7, 11) is 0. The maximum atomic E-state index is 5.90. The van der Waals surface area contributed by atoms with E-state index in [1.165, 1.54) is 0 Å². The molecule has 0 aromatic carbocycles. The van der Waals surface area contributed by atoms with E-state index in [1.807, 2.05) is 27.7 Å². The van der Waals surface area contributed by atoms with E-state index in [0.29, 0.717) is 13.0 Å². The highest BCUT2D eigenvalue weighted by Crippen LogP contribution is 2.14. The first-order valence-corrected chi connectivity index (χ1v) is 4.33. The predicted octanol–water partition coefficient (Wildman–Crippen LogP) is 1.54. The number of ether oxygens (including phenoxy) is 1. The Hall–Kier alpha value is -0.520. The van der Waals surface area contributed by atoms with E-state index in [-0.39, 0.29) is 11.6 Å². The zero-order chi connectivity index (χ0) is 9.61. The number of hydrogen-bond acceptors (Lipinski definition) is 2. The second kappa shape index (κ2) is 5.18. The fourth-order valence-corrected chi connectivity index (χ4v) is 0.937. The monoisotopic (exact) mass is 169 g/mol. The van der Waals surface area contributed by atoms with Crippen molar-refractivity contribution in [3.8, 4) is 11.8 Å². The molecule has 0 heterocycles. The molecule has 0 spiro atoms. The SMILES string of the molecule is CC#CCC(N)C(C)(C)OCC. The summed E-state index contributed by atoms with van der Waals surface area (Å²) < 4.78 is 5.50. The van der Waals surface area contributed by atoms with Crippen molar-refractivity contribution in [2.45, 2.75) is 45.8 Å². The molecule has 0 saturated carbocycles. The smallest absolute Gasteiger partial charge is 0.0785 e. The van der Waals surface area contributed by atoms with E-state index in [0.717, 1.165) is 0 Å². The second-order valence-electron chi connectivity index (χ2n) is 3.27. The average molecular weight is 169 g/mol. The van der Waals surface area contributed by atoms with E-state index in [2.05, 4.69) is 11.8 Å². The van der Waals surface area contributed by atoms with Gasteiger partial charge in [0.15, 0.2) is 0 Å².